The van der Waals surface area contributed by atoms with Crippen LogP contribution in [0.5, 0.6) is 0 Å². The molecule has 0 bridgehead atoms. The van der Waals surface area contributed by atoms with Crippen molar-refractivity contribution < 1.29 is 31.9 Å². The molecule has 9 heteroatoms. The first-order valence-corrected chi connectivity index (χ1v) is 4.96. The van der Waals surface area contributed by atoms with E-state index in [-0.39, 0.29) is 0 Å². The Balaban J connectivity index is 3.49. The summed E-state index contributed by atoms with van der Waals surface area (Å²) < 4.78 is 63.4. The molecule has 0 saturated heterocycles. The molecule has 19 heavy (non-hydrogen) atoms. The van der Waals surface area contributed by atoms with Gasteiger partial charge >= 0.3 is 12.1 Å². The standard InChI is InChI=1S/C10H9F5N2O2/c11-9(12)8-7(10(13,14)15)4(3-16)1-5(17-8)2-6(18)19/h1,9H,2-3,16H2,(H,18,19). The largest absolute Gasteiger partial charge is 0.481 e. The van der Waals surface area contributed by atoms with Crippen molar-refractivity contribution in [2.24, 2.45) is 5.73 Å². The third-order valence-electron chi connectivity index (χ3n) is 2.22. The number of halogens is 5. The Bertz CT molecular complexity index is 488. The lowest BCUT2D eigenvalue weighted by molar-refractivity contribution is -0.140. The molecule has 0 unspecified atom stereocenters. The van der Waals surface area contributed by atoms with Crippen LogP contribution in [-0.4, -0.2) is 16.1 Å². The highest BCUT2D eigenvalue weighted by Gasteiger charge is 2.39. The van der Waals surface area contributed by atoms with E-state index in [0.717, 1.165) is 6.07 Å². The van der Waals surface area contributed by atoms with Crippen LogP contribution in [-0.2, 0) is 23.9 Å². The van der Waals surface area contributed by atoms with Crippen LogP contribution in [0.4, 0.5) is 22.0 Å². The Kier molecular flexibility index (Phi) is 4.40. The van der Waals surface area contributed by atoms with Crippen molar-refractivity contribution in [3.8, 4) is 0 Å². The second-order valence-corrected chi connectivity index (χ2v) is 3.61. The molecular weight excluding hydrogens is 275 g/mol. The van der Waals surface area contributed by atoms with Gasteiger partial charge in [0.15, 0.2) is 0 Å². The third kappa shape index (κ3) is 3.60. The first kappa shape index (κ1) is 15.3. The van der Waals surface area contributed by atoms with Crippen molar-refractivity contribution in [1.82, 2.24) is 4.98 Å². The fraction of sp³-hybridized carbons (Fsp3) is 0.400. The van der Waals surface area contributed by atoms with E-state index >= 15 is 0 Å². The molecule has 1 rings (SSSR count). The Morgan fingerprint density at radius 1 is 1.42 bits per heavy atom. The zero-order chi connectivity index (χ0) is 14.8. The number of carboxylic acid groups (broad SMARTS) is 1. The number of carbonyl (C=O) groups is 1. The maximum atomic E-state index is 12.7. The molecule has 106 valence electrons. The first-order chi connectivity index (χ1) is 8.66. The number of rotatable bonds is 4. The number of carboxylic acids is 1. The molecule has 0 saturated carbocycles. The fourth-order valence-corrected chi connectivity index (χ4v) is 1.57. The fourth-order valence-electron chi connectivity index (χ4n) is 1.57. The van der Waals surface area contributed by atoms with E-state index in [4.69, 9.17) is 10.8 Å². The summed E-state index contributed by atoms with van der Waals surface area (Å²) in [5.74, 6) is -1.39. The summed E-state index contributed by atoms with van der Waals surface area (Å²) in [6, 6.07) is 0.781. The minimum atomic E-state index is -5.03. The van der Waals surface area contributed by atoms with E-state index in [1.807, 2.05) is 0 Å². The van der Waals surface area contributed by atoms with Gasteiger partial charge in [0.05, 0.1) is 17.7 Å². The number of nitrogens with two attached hydrogens (primary N) is 1. The van der Waals surface area contributed by atoms with Gasteiger partial charge < -0.3 is 10.8 Å². The monoisotopic (exact) mass is 284 g/mol. The molecule has 1 heterocycles. The Labute approximate surface area is 104 Å². The summed E-state index contributed by atoms with van der Waals surface area (Å²) >= 11 is 0. The highest BCUT2D eigenvalue weighted by atomic mass is 19.4. The average molecular weight is 284 g/mol. The van der Waals surface area contributed by atoms with Crippen molar-refractivity contribution >= 4 is 5.97 Å². The van der Waals surface area contributed by atoms with Crippen molar-refractivity contribution in [3.63, 3.8) is 0 Å². The molecule has 0 aliphatic carbocycles. The van der Waals surface area contributed by atoms with Gasteiger partial charge in [0.1, 0.15) is 5.69 Å². The maximum Gasteiger partial charge on any atom is 0.418 e. The van der Waals surface area contributed by atoms with Gasteiger partial charge in [0.25, 0.3) is 6.43 Å². The number of aliphatic carboxylic acids is 1. The first-order valence-electron chi connectivity index (χ1n) is 4.96. The highest BCUT2D eigenvalue weighted by molar-refractivity contribution is 5.69. The van der Waals surface area contributed by atoms with Gasteiger partial charge in [0, 0.05) is 6.54 Å². The van der Waals surface area contributed by atoms with Gasteiger partial charge in [-0.25, -0.2) is 8.78 Å². The summed E-state index contributed by atoms with van der Waals surface area (Å²) in [5, 5.41) is 8.51. The number of aromatic nitrogens is 1. The molecule has 0 aromatic carbocycles. The van der Waals surface area contributed by atoms with Crippen LogP contribution in [0, 0.1) is 0 Å². The molecule has 0 aliphatic heterocycles. The number of hydrogen-bond acceptors (Lipinski definition) is 3. The van der Waals surface area contributed by atoms with E-state index in [1.54, 1.807) is 0 Å². The molecular formula is C10H9F5N2O2. The Hall–Kier alpha value is -1.77. The van der Waals surface area contributed by atoms with Crippen LogP contribution in [0.3, 0.4) is 0 Å². The van der Waals surface area contributed by atoms with Crippen molar-refractivity contribution in [2.75, 3.05) is 0 Å². The molecule has 1 aromatic heterocycles. The predicted octanol–water partition coefficient (Wildman–Crippen LogP) is 2.12. The van der Waals surface area contributed by atoms with Gasteiger partial charge in [-0.2, -0.15) is 13.2 Å². The molecule has 0 spiro atoms. The summed E-state index contributed by atoms with van der Waals surface area (Å²) in [7, 11) is 0. The van der Waals surface area contributed by atoms with Crippen LogP contribution < -0.4 is 5.73 Å². The zero-order valence-corrected chi connectivity index (χ0v) is 9.34. The van der Waals surface area contributed by atoms with Crippen LogP contribution in [0.25, 0.3) is 0 Å². The van der Waals surface area contributed by atoms with Crippen molar-refractivity contribution in [3.05, 3.63) is 28.6 Å². The third-order valence-corrected chi connectivity index (χ3v) is 2.22. The van der Waals surface area contributed by atoms with Crippen LogP contribution in [0.2, 0.25) is 0 Å². The minimum Gasteiger partial charge on any atom is -0.481 e. The smallest absolute Gasteiger partial charge is 0.418 e. The van der Waals surface area contributed by atoms with E-state index in [2.05, 4.69) is 4.98 Å². The van der Waals surface area contributed by atoms with Crippen LogP contribution >= 0.6 is 0 Å². The number of pyridine rings is 1. The lowest BCUT2D eigenvalue weighted by atomic mass is 10.0. The molecule has 0 atom stereocenters. The van der Waals surface area contributed by atoms with E-state index in [0.29, 0.717) is 0 Å². The molecule has 3 N–H and O–H groups in total. The molecule has 0 aliphatic rings. The molecule has 4 nitrogen and oxygen atoms in total. The van der Waals surface area contributed by atoms with Crippen LogP contribution in [0.15, 0.2) is 6.07 Å². The summed E-state index contributed by atoms with van der Waals surface area (Å²) in [6.07, 6.45) is -9.27. The SMILES string of the molecule is NCc1cc(CC(=O)O)nc(C(F)F)c1C(F)(F)F. The second-order valence-electron chi connectivity index (χ2n) is 3.61. The normalized spacial score (nSPS) is 11.9. The Morgan fingerprint density at radius 2 is 2.00 bits per heavy atom. The average Bonchev–Trinajstić information content (AvgIpc) is 2.25. The quantitative estimate of drug-likeness (QED) is 0.830. The lowest BCUT2D eigenvalue weighted by Gasteiger charge is -2.16. The van der Waals surface area contributed by atoms with Gasteiger partial charge in [-0.15, -0.1) is 0 Å². The predicted molar refractivity (Wildman–Crippen MR) is 53.4 cm³/mol. The minimum absolute atomic E-state index is 0.392. The highest BCUT2D eigenvalue weighted by Crippen LogP contribution is 2.38. The van der Waals surface area contributed by atoms with Gasteiger partial charge in [0.2, 0.25) is 0 Å². The molecule has 1 aromatic rings. The van der Waals surface area contributed by atoms with Gasteiger partial charge in [-0.05, 0) is 11.6 Å². The van der Waals surface area contributed by atoms with Gasteiger partial charge in [-0.1, -0.05) is 0 Å². The topological polar surface area (TPSA) is 76.2 Å². The second kappa shape index (κ2) is 5.47. The summed E-state index contributed by atoms with van der Waals surface area (Å²) in [6.45, 7) is -0.649. The van der Waals surface area contributed by atoms with Crippen molar-refractivity contribution in [2.45, 2.75) is 25.6 Å². The maximum absolute atomic E-state index is 12.7. The van der Waals surface area contributed by atoms with E-state index in [1.165, 1.54) is 0 Å². The van der Waals surface area contributed by atoms with E-state index in [9.17, 15) is 26.7 Å². The van der Waals surface area contributed by atoms with Crippen LogP contribution in [0.1, 0.15) is 28.9 Å². The molecule has 0 radical (unpaired) electrons. The summed E-state index contributed by atoms with van der Waals surface area (Å²) in [5.41, 5.74) is 1.01. The molecule has 0 amide bonds. The van der Waals surface area contributed by atoms with E-state index < -0.39 is 54.1 Å². The molecule has 0 fully saturated rings. The number of alkyl halides is 5. The van der Waals surface area contributed by atoms with Gasteiger partial charge in [-0.3, -0.25) is 9.78 Å². The Morgan fingerprint density at radius 3 is 2.37 bits per heavy atom. The number of nitrogens with zero attached hydrogens (tertiary/aromatic N) is 1. The summed E-state index contributed by atoms with van der Waals surface area (Å²) in [4.78, 5) is 13.5. The number of hydrogen-bond donors (Lipinski definition) is 2. The zero-order valence-electron chi connectivity index (χ0n) is 9.34. The van der Waals surface area contributed by atoms with Crippen molar-refractivity contribution in [1.29, 1.82) is 0 Å². The lowest BCUT2D eigenvalue weighted by Crippen LogP contribution is -2.19.